The molecule has 2 aromatic carbocycles. The molecule has 0 amide bonds. The summed E-state index contributed by atoms with van der Waals surface area (Å²) in [6.07, 6.45) is -0.676. The Morgan fingerprint density at radius 1 is 1.00 bits per heavy atom. The Morgan fingerprint density at radius 3 is 2.33 bits per heavy atom. The van der Waals surface area contributed by atoms with Gasteiger partial charge in [0.15, 0.2) is 0 Å². The Hall–Kier alpha value is -2.41. The molecule has 0 saturated heterocycles. The van der Waals surface area contributed by atoms with Gasteiger partial charge in [-0.15, -0.1) is 0 Å². The topological polar surface area (TPSA) is 12.9 Å². The van der Waals surface area contributed by atoms with Crippen LogP contribution in [0.1, 0.15) is 49.9 Å². The van der Waals surface area contributed by atoms with E-state index in [1.165, 1.54) is 11.8 Å². The van der Waals surface area contributed by atoms with Gasteiger partial charge in [0, 0.05) is 18.6 Å². The Kier molecular flexibility index (Phi) is 3.08. The average molecular weight is 320 g/mol. The minimum atomic E-state index is -2.46. The molecule has 24 heavy (non-hydrogen) atoms. The molecule has 0 aliphatic carbocycles. The molecular formula is C23H25N. The normalized spacial score (nSPS) is 15.7. The lowest BCUT2D eigenvalue weighted by atomic mass is 9.86. The highest BCUT2D eigenvalue weighted by atomic mass is 14.7. The molecule has 1 aromatic heterocycles. The summed E-state index contributed by atoms with van der Waals surface area (Å²) in [6.45, 7) is 3.95. The highest BCUT2D eigenvalue weighted by Gasteiger charge is 2.13. The summed E-state index contributed by atoms with van der Waals surface area (Å²) >= 11 is 0. The van der Waals surface area contributed by atoms with E-state index in [2.05, 4.69) is 25.8 Å². The van der Waals surface area contributed by atoms with Crippen molar-refractivity contribution in [2.75, 3.05) is 0 Å². The van der Waals surface area contributed by atoms with Crippen LogP contribution in [0.2, 0.25) is 0 Å². The standard InChI is InChI=1S/C23H25N/c1-17-16-24-22(15-20(17)14-18-8-6-5-7-9-18)19-10-12-21(13-11-19)23(2,3)4/h5-13,15-16H,14H2,1-4H3/i1D3,14D2. The van der Waals surface area contributed by atoms with Gasteiger partial charge < -0.3 is 0 Å². The lowest BCUT2D eigenvalue weighted by Gasteiger charge is -2.19. The van der Waals surface area contributed by atoms with Gasteiger partial charge in [-0.2, -0.15) is 0 Å². The molecule has 122 valence electrons. The van der Waals surface area contributed by atoms with Crippen molar-refractivity contribution < 1.29 is 6.85 Å². The van der Waals surface area contributed by atoms with Crippen LogP contribution in [0, 0.1) is 6.85 Å². The average Bonchev–Trinajstić information content (AvgIpc) is 2.67. The summed E-state index contributed by atoms with van der Waals surface area (Å²) in [6, 6.07) is 18.1. The molecule has 0 aliphatic heterocycles. The Bertz CT molecular complexity index is 985. The number of rotatable bonds is 3. The molecule has 3 rings (SSSR count). The number of nitrogens with zero attached hydrogens (tertiary/aromatic N) is 1. The van der Waals surface area contributed by atoms with Crippen LogP contribution in [0.5, 0.6) is 0 Å². The summed E-state index contributed by atoms with van der Waals surface area (Å²) in [5, 5.41) is 0. The second kappa shape index (κ2) is 6.60. The van der Waals surface area contributed by atoms with Crippen molar-refractivity contribution in [1.82, 2.24) is 4.98 Å². The van der Waals surface area contributed by atoms with Crippen LogP contribution in [0.4, 0.5) is 0 Å². The smallest absolute Gasteiger partial charge is 0.0705 e. The molecule has 0 N–H and O–H groups in total. The fraction of sp³-hybridized carbons (Fsp3) is 0.261. The molecule has 0 radical (unpaired) electrons. The van der Waals surface area contributed by atoms with Gasteiger partial charge in [-0.05, 0) is 47.0 Å². The zero-order chi connectivity index (χ0) is 21.4. The van der Waals surface area contributed by atoms with E-state index in [0.29, 0.717) is 11.3 Å². The monoisotopic (exact) mass is 320 g/mol. The molecule has 0 saturated carbocycles. The second-order valence-electron chi connectivity index (χ2n) is 6.93. The van der Waals surface area contributed by atoms with Gasteiger partial charge in [-0.3, -0.25) is 4.98 Å². The summed E-state index contributed by atoms with van der Waals surface area (Å²) in [4.78, 5) is 4.35. The van der Waals surface area contributed by atoms with Crippen molar-refractivity contribution in [2.24, 2.45) is 0 Å². The van der Waals surface area contributed by atoms with Crippen LogP contribution in [0.15, 0.2) is 66.9 Å². The zero-order valence-corrected chi connectivity index (χ0v) is 14.3. The number of hydrogen-bond acceptors (Lipinski definition) is 1. The van der Waals surface area contributed by atoms with Crippen molar-refractivity contribution in [2.45, 2.75) is 39.4 Å². The molecule has 0 spiro atoms. The minimum Gasteiger partial charge on any atom is -0.256 e. The maximum Gasteiger partial charge on any atom is 0.0705 e. The van der Waals surface area contributed by atoms with E-state index in [4.69, 9.17) is 6.85 Å². The third-order valence-corrected chi connectivity index (χ3v) is 4.00. The van der Waals surface area contributed by atoms with Gasteiger partial charge >= 0.3 is 0 Å². The fourth-order valence-electron chi connectivity index (χ4n) is 2.53. The van der Waals surface area contributed by atoms with Crippen LogP contribution in [0.3, 0.4) is 0 Å². The highest BCUT2D eigenvalue weighted by Crippen LogP contribution is 2.26. The Morgan fingerprint density at radius 2 is 1.71 bits per heavy atom. The predicted molar refractivity (Wildman–Crippen MR) is 102 cm³/mol. The van der Waals surface area contributed by atoms with E-state index in [0.717, 1.165) is 5.56 Å². The molecule has 0 bridgehead atoms. The van der Waals surface area contributed by atoms with E-state index < -0.39 is 13.2 Å². The summed E-state index contributed by atoms with van der Waals surface area (Å²) in [5.74, 6) is 0. The van der Waals surface area contributed by atoms with E-state index in [9.17, 15) is 0 Å². The molecule has 0 atom stereocenters. The number of aromatic nitrogens is 1. The predicted octanol–water partition coefficient (Wildman–Crippen LogP) is 5.95. The third kappa shape index (κ3) is 3.73. The molecule has 3 aromatic rings. The Balaban J connectivity index is 2.15. The second-order valence-corrected chi connectivity index (χ2v) is 6.93. The first-order valence-electron chi connectivity index (χ1n) is 10.6. The van der Waals surface area contributed by atoms with Crippen LogP contribution >= 0.6 is 0 Å². The highest BCUT2D eigenvalue weighted by molar-refractivity contribution is 5.61. The zero-order valence-electron chi connectivity index (χ0n) is 19.3. The van der Waals surface area contributed by atoms with Crippen molar-refractivity contribution in [3.63, 3.8) is 0 Å². The SMILES string of the molecule is [2H]C([2H])([2H])c1cnc(-c2ccc(C(C)(C)C)cc2)cc1C([2H])([2H])c1ccccc1. The summed E-state index contributed by atoms with van der Waals surface area (Å²) < 4.78 is 41.0. The lowest BCUT2D eigenvalue weighted by molar-refractivity contribution is 0.590. The molecule has 0 aliphatic rings. The number of aryl methyl sites for hydroxylation is 1. The van der Waals surface area contributed by atoms with E-state index in [1.54, 1.807) is 36.4 Å². The van der Waals surface area contributed by atoms with Gasteiger partial charge in [-0.25, -0.2) is 0 Å². The summed E-state index contributed by atoms with van der Waals surface area (Å²) in [5.41, 5.74) is 3.03. The van der Waals surface area contributed by atoms with Crippen LogP contribution in [-0.2, 0) is 11.8 Å². The van der Waals surface area contributed by atoms with E-state index >= 15 is 0 Å². The maximum absolute atomic E-state index is 8.69. The first kappa shape index (κ1) is 11.2. The fourth-order valence-corrected chi connectivity index (χ4v) is 2.53. The molecule has 1 nitrogen and oxygen atoms in total. The summed E-state index contributed by atoms with van der Waals surface area (Å²) in [7, 11) is 0. The van der Waals surface area contributed by atoms with Gasteiger partial charge in [0.1, 0.15) is 0 Å². The first-order valence-corrected chi connectivity index (χ1v) is 8.08. The lowest BCUT2D eigenvalue weighted by Crippen LogP contribution is -2.10. The number of pyridine rings is 1. The van der Waals surface area contributed by atoms with Crippen LogP contribution in [0.25, 0.3) is 11.3 Å². The molecular weight excluding hydrogens is 290 g/mol. The minimum absolute atomic E-state index is 0.0209. The van der Waals surface area contributed by atoms with Gasteiger partial charge in [0.2, 0.25) is 0 Å². The van der Waals surface area contributed by atoms with Crippen LogP contribution < -0.4 is 0 Å². The van der Waals surface area contributed by atoms with Gasteiger partial charge in [0.25, 0.3) is 0 Å². The number of hydrogen-bond donors (Lipinski definition) is 0. The third-order valence-electron chi connectivity index (χ3n) is 4.00. The molecule has 0 fully saturated rings. The van der Waals surface area contributed by atoms with Crippen LogP contribution in [-0.4, -0.2) is 4.98 Å². The van der Waals surface area contributed by atoms with Crippen molar-refractivity contribution in [3.8, 4) is 11.3 Å². The van der Waals surface area contributed by atoms with Gasteiger partial charge in [0.05, 0.1) is 5.69 Å². The molecule has 1 heterocycles. The Labute approximate surface area is 152 Å². The van der Waals surface area contributed by atoms with Crippen molar-refractivity contribution in [1.29, 1.82) is 0 Å². The maximum atomic E-state index is 8.69. The quantitative estimate of drug-likeness (QED) is 0.581. The number of benzene rings is 2. The van der Waals surface area contributed by atoms with Gasteiger partial charge in [-0.1, -0.05) is 75.4 Å². The molecule has 0 unspecified atom stereocenters. The van der Waals surface area contributed by atoms with E-state index in [1.807, 2.05) is 24.3 Å². The molecule has 1 heteroatoms. The first-order chi connectivity index (χ1) is 13.4. The van der Waals surface area contributed by atoms with Crippen molar-refractivity contribution in [3.05, 3.63) is 89.1 Å². The van der Waals surface area contributed by atoms with E-state index in [-0.39, 0.29) is 16.5 Å². The largest absolute Gasteiger partial charge is 0.256 e. The van der Waals surface area contributed by atoms with Crippen molar-refractivity contribution >= 4 is 0 Å².